The Morgan fingerprint density at radius 3 is 1.78 bits per heavy atom. The van der Waals surface area contributed by atoms with E-state index in [-0.39, 0.29) is 26.0 Å². The maximum atomic E-state index is 11.6. The molecule has 0 saturated heterocycles. The lowest BCUT2D eigenvalue weighted by Gasteiger charge is -2.02. The molecule has 0 radical (unpaired) electrons. The first kappa shape index (κ1) is 25.6. The van der Waals surface area contributed by atoms with Gasteiger partial charge in [-0.15, -0.1) is 24.9 Å². The van der Waals surface area contributed by atoms with Crippen LogP contribution in [0.4, 0.5) is 0 Å². The molecule has 0 aliphatic heterocycles. The third-order valence-corrected chi connectivity index (χ3v) is 2.82. The Kier molecular flexibility index (Phi) is 14.8. The molecule has 0 heterocycles. The van der Waals surface area contributed by atoms with Crippen molar-refractivity contribution in [1.29, 1.82) is 0 Å². The number of carbonyl (C=O) groups is 3. The molecule has 0 amide bonds. The summed E-state index contributed by atoms with van der Waals surface area (Å²) in [5, 5.41) is 0. The van der Waals surface area contributed by atoms with Crippen LogP contribution in [0.15, 0.2) is 54.5 Å². The Hall–Kier alpha value is -2.34. The maximum Gasteiger partial charge on any atom is 0.426 e. The van der Waals surface area contributed by atoms with E-state index in [2.05, 4.69) is 29.5 Å². The summed E-state index contributed by atoms with van der Waals surface area (Å²) in [7, 11) is 0. The molecule has 1 aromatic carbocycles. The first-order valence-electron chi connectivity index (χ1n) is 5.72. The van der Waals surface area contributed by atoms with Crippen molar-refractivity contribution in [2.24, 2.45) is 0 Å². The van der Waals surface area contributed by atoms with Crippen molar-refractivity contribution < 1.29 is 24.2 Å². The number of carbonyl (C=O) groups excluding carboxylic acids is 3. The van der Waals surface area contributed by atoms with Gasteiger partial charge in [0.05, 0.1) is 0 Å². The van der Waals surface area contributed by atoms with Gasteiger partial charge in [0.1, 0.15) is 0 Å². The topological polar surface area (TPSA) is 69.7 Å². The third kappa shape index (κ3) is 8.63. The zero-order chi connectivity index (χ0) is 16.4. The van der Waals surface area contributed by atoms with Gasteiger partial charge in [-0.1, -0.05) is 21.4 Å². The number of Topliss-reactive ketones (excluding diaryl/α,β-unsaturated/α-hetero) is 1. The Bertz CT molecular complexity index is 534. The highest BCUT2D eigenvalue weighted by atomic mass is 32.2. The first-order valence-corrected chi connectivity index (χ1v) is 6.95. The number of hydrogen-bond acceptors (Lipinski definition) is 6. The van der Waals surface area contributed by atoms with Gasteiger partial charge in [0.25, 0.3) is 5.78 Å². The molecule has 0 spiro atoms. The Morgan fingerprint density at radius 2 is 1.39 bits per heavy atom. The van der Waals surface area contributed by atoms with Crippen LogP contribution in [-0.4, -0.2) is 24.0 Å². The first-order chi connectivity index (χ1) is 9.95. The van der Waals surface area contributed by atoms with Crippen molar-refractivity contribution in [3.63, 3.8) is 0 Å². The lowest BCUT2D eigenvalue weighted by Crippen LogP contribution is -2.20. The van der Waals surface area contributed by atoms with Gasteiger partial charge in [0.15, 0.2) is 0 Å². The minimum absolute atomic E-state index is 0. The number of rotatable bonds is 4. The fourth-order valence-electron chi connectivity index (χ4n) is 1.04. The number of hydrogen-bond donors (Lipinski definition) is 0. The van der Waals surface area contributed by atoms with Gasteiger partial charge in [-0.2, -0.15) is 0 Å². The zero-order valence-electron chi connectivity index (χ0n) is 11.9. The quantitative estimate of drug-likeness (QED) is 0.155. The zero-order valence-corrected chi connectivity index (χ0v) is 12.7. The fourth-order valence-corrected chi connectivity index (χ4v) is 1.45. The molecule has 0 aliphatic rings. The molecule has 0 atom stereocenters. The van der Waals surface area contributed by atoms with Gasteiger partial charge in [0.2, 0.25) is 0 Å². The molecule has 0 fully saturated rings. The van der Waals surface area contributed by atoms with Crippen molar-refractivity contribution >= 4 is 29.5 Å². The summed E-state index contributed by atoms with van der Waals surface area (Å²) in [6, 6.07) is 6.39. The van der Waals surface area contributed by atoms with Crippen molar-refractivity contribution in [1.82, 2.24) is 0 Å². The molecule has 23 heavy (non-hydrogen) atoms. The van der Waals surface area contributed by atoms with Crippen LogP contribution in [-0.2, 0) is 19.4 Å². The summed E-state index contributed by atoms with van der Waals surface area (Å²) in [5.41, 5.74) is 0.221. The highest BCUT2D eigenvalue weighted by Gasteiger charge is 2.21. The standard InChI is InChI=1S/C13H12O5S.C2H4.2CH4/c1-8(2)12(15)17-18-13(16)11(14)9-4-6-10(19-3)7-5-9;1-2;;/h4-7H,1H2,2-3H3;1-2H2;2*1H4. The minimum atomic E-state index is -1.26. The van der Waals surface area contributed by atoms with E-state index in [1.165, 1.54) is 30.8 Å². The predicted octanol–water partition coefficient (Wildman–Crippen LogP) is 4.24. The molecule has 0 N–H and O–H groups in total. The molecule has 0 aromatic heterocycles. The number of thioether (sulfide) groups is 1. The van der Waals surface area contributed by atoms with Crippen molar-refractivity contribution in [2.45, 2.75) is 26.7 Å². The molecular formula is C17H24O5S. The minimum Gasteiger partial charge on any atom is -0.281 e. The SMILES string of the molecule is C.C.C=C.C=C(C)C(=O)OOC(=O)C(=O)c1ccc(SC)cc1. The van der Waals surface area contributed by atoms with Crippen LogP contribution >= 0.6 is 11.8 Å². The second-order valence-corrected chi connectivity index (χ2v) is 4.46. The van der Waals surface area contributed by atoms with Gasteiger partial charge in [-0.25, -0.2) is 19.4 Å². The van der Waals surface area contributed by atoms with E-state index < -0.39 is 17.7 Å². The van der Waals surface area contributed by atoms with Crippen LogP contribution in [0.5, 0.6) is 0 Å². The van der Waals surface area contributed by atoms with Crippen LogP contribution in [0, 0.1) is 0 Å². The fraction of sp³-hybridized carbons (Fsp3) is 0.235. The monoisotopic (exact) mass is 340 g/mol. The van der Waals surface area contributed by atoms with Crippen molar-refractivity contribution in [2.75, 3.05) is 6.26 Å². The smallest absolute Gasteiger partial charge is 0.281 e. The highest BCUT2D eigenvalue weighted by Crippen LogP contribution is 2.15. The molecule has 1 rings (SSSR count). The van der Waals surface area contributed by atoms with Crippen LogP contribution < -0.4 is 0 Å². The highest BCUT2D eigenvalue weighted by molar-refractivity contribution is 7.98. The van der Waals surface area contributed by atoms with Gasteiger partial charge >= 0.3 is 11.9 Å². The van der Waals surface area contributed by atoms with E-state index in [9.17, 15) is 14.4 Å². The summed E-state index contributed by atoms with van der Waals surface area (Å²) >= 11 is 1.51. The molecule has 128 valence electrons. The Labute approximate surface area is 142 Å². The van der Waals surface area contributed by atoms with E-state index in [1.807, 2.05) is 6.26 Å². The van der Waals surface area contributed by atoms with Gasteiger partial charge in [-0.05, 0) is 37.4 Å². The average Bonchev–Trinajstić information content (AvgIpc) is 2.53. The van der Waals surface area contributed by atoms with Crippen molar-refractivity contribution in [3.05, 3.63) is 55.1 Å². The normalized spacial score (nSPS) is 8.09. The average molecular weight is 340 g/mol. The third-order valence-electron chi connectivity index (χ3n) is 2.08. The second-order valence-electron chi connectivity index (χ2n) is 3.58. The Balaban J connectivity index is -0.000000960. The Morgan fingerprint density at radius 1 is 0.957 bits per heavy atom. The number of ketones is 1. The summed E-state index contributed by atoms with van der Waals surface area (Å²) in [6.45, 7) is 10.7. The second kappa shape index (κ2) is 13.3. The molecule has 1 aromatic rings. The maximum absolute atomic E-state index is 11.6. The molecule has 0 aliphatic carbocycles. The number of benzene rings is 1. The summed E-state index contributed by atoms with van der Waals surface area (Å²) in [4.78, 5) is 43.2. The van der Waals surface area contributed by atoms with Crippen LogP contribution in [0.25, 0.3) is 0 Å². The molecule has 0 bridgehead atoms. The van der Waals surface area contributed by atoms with Crippen LogP contribution in [0.2, 0.25) is 0 Å². The summed E-state index contributed by atoms with van der Waals surface area (Å²) in [5.74, 6) is -3.05. The molecule has 0 unspecified atom stereocenters. The van der Waals surface area contributed by atoms with Crippen molar-refractivity contribution in [3.8, 4) is 0 Å². The summed E-state index contributed by atoms with van der Waals surface area (Å²) in [6.07, 6.45) is 1.89. The largest absolute Gasteiger partial charge is 0.426 e. The molecule has 5 nitrogen and oxygen atoms in total. The van der Waals surface area contributed by atoms with Gasteiger partial charge in [-0.3, -0.25) is 4.79 Å². The van der Waals surface area contributed by atoms with E-state index >= 15 is 0 Å². The molecule has 0 saturated carbocycles. The van der Waals surface area contributed by atoms with E-state index in [0.29, 0.717) is 0 Å². The molecular weight excluding hydrogens is 316 g/mol. The van der Waals surface area contributed by atoms with E-state index in [1.54, 1.807) is 12.1 Å². The summed E-state index contributed by atoms with van der Waals surface area (Å²) < 4.78 is 0. The van der Waals surface area contributed by atoms with Gasteiger partial charge in [0, 0.05) is 16.0 Å². The van der Waals surface area contributed by atoms with Gasteiger partial charge < -0.3 is 0 Å². The lowest BCUT2D eigenvalue weighted by molar-refractivity contribution is -0.250. The van der Waals surface area contributed by atoms with E-state index in [4.69, 9.17) is 0 Å². The predicted molar refractivity (Wildman–Crippen MR) is 94.3 cm³/mol. The lowest BCUT2D eigenvalue weighted by atomic mass is 10.1. The molecule has 6 heteroatoms. The van der Waals surface area contributed by atoms with Crippen LogP contribution in [0.1, 0.15) is 32.1 Å². The van der Waals surface area contributed by atoms with E-state index in [0.717, 1.165) is 4.90 Å². The van der Waals surface area contributed by atoms with Crippen LogP contribution in [0.3, 0.4) is 0 Å².